The fourth-order valence-corrected chi connectivity index (χ4v) is 13.5. The standard InChI is InChI=1S/C27H37NO3.C21H31NO3.C6H8O/c1-17-22(28-16-18-8-5-6-9-18)15-23-26(2,3)10-7-11-27(23,4)24(17)25(31)19-12-20(29)14-21(30)13-19;1-12-16(22)11-17-20(2,3)6-5-7-21(17,4)18(12)19(25)13-8-14(23)10-15(24)9-13;1-7-6-4-2-3-5-6/h5-6,8,12-14,17,22-24,28-30H,7,9-11,15-16H2,1-4H3;8-10,12,16-18,23-24H,5-7,11,22H2,1-4H3;2-4H,5H2,1H3/t17-,22-,23+,24-,27+;12-,16-,17+,18-,21+;/m11./s1. The van der Waals surface area contributed by atoms with Gasteiger partial charge >= 0.3 is 0 Å². The number of methoxy groups -OCH3 is 1. The van der Waals surface area contributed by atoms with Gasteiger partial charge in [0.1, 0.15) is 23.0 Å². The molecule has 2 aromatic carbocycles. The fourth-order valence-electron chi connectivity index (χ4n) is 13.5. The monoisotopic (exact) mass is 865 g/mol. The van der Waals surface area contributed by atoms with Gasteiger partial charge in [0.2, 0.25) is 0 Å². The molecule has 9 nitrogen and oxygen atoms in total. The molecule has 0 amide bonds. The zero-order valence-corrected chi connectivity index (χ0v) is 39.4. The number of carbonyl (C=O) groups excluding carboxylic acids is 2. The first kappa shape index (κ1) is 48.1. The van der Waals surface area contributed by atoms with E-state index in [1.54, 1.807) is 7.11 Å². The van der Waals surface area contributed by atoms with E-state index in [9.17, 15) is 30.0 Å². The van der Waals surface area contributed by atoms with Crippen LogP contribution in [-0.4, -0.2) is 57.7 Å². The summed E-state index contributed by atoms with van der Waals surface area (Å²) in [6.07, 6.45) is 23.2. The molecule has 0 saturated heterocycles. The lowest BCUT2D eigenvalue weighted by Crippen LogP contribution is -2.60. The molecule has 344 valence electrons. The van der Waals surface area contributed by atoms with Gasteiger partial charge in [-0.25, -0.2) is 0 Å². The van der Waals surface area contributed by atoms with Crippen molar-refractivity contribution >= 4 is 11.6 Å². The lowest BCUT2D eigenvalue weighted by molar-refractivity contribution is -0.0911. The highest BCUT2D eigenvalue weighted by molar-refractivity contribution is 6.00. The Kier molecular flexibility index (Phi) is 14.5. The van der Waals surface area contributed by atoms with Crippen molar-refractivity contribution in [3.05, 3.63) is 95.3 Å². The number of nitrogens with one attached hydrogen (secondary N) is 1. The first-order valence-electron chi connectivity index (χ1n) is 23.5. The van der Waals surface area contributed by atoms with Crippen LogP contribution in [0, 0.1) is 57.2 Å². The van der Waals surface area contributed by atoms with Gasteiger partial charge in [0.25, 0.3) is 0 Å². The first-order chi connectivity index (χ1) is 29.6. The molecule has 8 rings (SSSR count). The molecule has 2 aromatic rings. The summed E-state index contributed by atoms with van der Waals surface area (Å²) >= 11 is 0. The minimum absolute atomic E-state index is 0.000880. The molecule has 0 unspecified atom stereocenters. The van der Waals surface area contributed by atoms with Gasteiger partial charge < -0.3 is 36.2 Å². The number of rotatable bonds is 8. The zero-order chi connectivity index (χ0) is 46.1. The van der Waals surface area contributed by atoms with Gasteiger partial charge in [-0.2, -0.15) is 0 Å². The van der Waals surface area contributed by atoms with Crippen LogP contribution in [0.3, 0.4) is 0 Å². The number of benzene rings is 2. The van der Waals surface area contributed by atoms with E-state index in [0.29, 0.717) is 23.0 Å². The quantitative estimate of drug-likeness (QED) is 0.142. The second kappa shape index (κ2) is 19.0. The van der Waals surface area contributed by atoms with Crippen LogP contribution in [0.2, 0.25) is 0 Å². The van der Waals surface area contributed by atoms with Crippen molar-refractivity contribution in [2.75, 3.05) is 13.7 Å². The van der Waals surface area contributed by atoms with Crippen molar-refractivity contribution in [2.24, 2.45) is 62.9 Å². The van der Waals surface area contributed by atoms with Gasteiger partial charge in [0.15, 0.2) is 11.6 Å². The summed E-state index contributed by atoms with van der Waals surface area (Å²) in [5.74, 6) is 1.56. The molecule has 63 heavy (non-hydrogen) atoms. The number of nitrogens with two attached hydrogens (primary N) is 1. The molecular weight excluding hydrogens is 789 g/mol. The van der Waals surface area contributed by atoms with Crippen molar-refractivity contribution in [1.82, 2.24) is 5.32 Å². The Labute approximate surface area is 377 Å². The Hall–Kier alpha value is -4.34. The van der Waals surface area contributed by atoms with Gasteiger partial charge in [-0.3, -0.25) is 9.59 Å². The number of fused-ring (bicyclic) bond motifs is 2. The molecule has 4 saturated carbocycles. The zero-order valence-electron chi connectivity index (χ0n) is 39.4. The summed E-state index contributed by atoms with van der Waals surface area (Å²) in [5, 5.41) is 43.4. The highest BCUT2D eigenvalue weighted by Gasteiger charge is 2.59. The summed E-state index contributed by atoms with van der Waals surface area (Å²) in [4.78, 5) is 27.4. The van der Waals surface area contributed by atoms with Crippen LogP contribution >= 0.6 is 0 Å². The van der Waals surface area contributed by atoms with E-state index in [1.807, 2.05) is 12.2 Å². The van der Waals surface area contributed by atoms with E-state index in [2.05, 4.69) is 85.0 Å². The third-order valence-electron chi connectivity index (χ3n) is 16.7. The molecule has 0 radical (unpaired) electrons. The van der Waals surface area contributed by atoms with Crippen molar-refractivity contribution in [3.8, 4) is 23.0 Å². The molecule has 0 spiro atoms. The van der Waals surface area contributed by atoms with Crippen molar-refractivity contribution in [3.63, 3.8) is 0 Å². The maximum absolute atomic E-state index is 13.9. The highest BCUT2D eigenvalue weighted by atomic mass is 16.5. The van der Waals surface area contributed by atoms with Gasteiger partial charge in [-0.15, -0.1) is 0 Å². The second-order valence-corrected chi connectivity index (χ2v) is 21.7. The highest BCUT2D eigenvalue weighted by Crippen LogP contribution is 2.63. The Bertz CT molecular complexity index is 2070. The third kappa shape index (κ3) is 10.2. The molecule has 7 N–H and O–H groups in total. The Morgan fingerprint density at radius 3 is 1.56 bits per heavy atom. The molecular formula is C54H76N2O7. The van der Waals surface area contributed by atoms with Crippen LogP contribution in [0.1, 0.15) is 140 Å². The number of phenolic OH excluding ortho intramolecular Hbond substituents is 4. The Morgan fingerprint density at radius 1 is 0.667 bits per heavy atom. The van der Waals surface area contributed by atoms with Gasteiger partial charge in [0, 0.05) is 60.1 Å². The molecule has 9 heteroatoms. The fraction of sp³-hybridized carbons (Fsp3) is 0.593. The van der Waals surface area contributed by atoms with Gasteiger partial charge in [-0.05, 0) is 121 Å². The summed E-state index contributed by atoms with van der Waals surface area (Å²) in [6, 6.07) is 8.72. The maximum atomic E-state index is 13.9. The average Bonchev–Trinajstić information content (AvgIpc) is 3.93. The minimum Gasteiger partial charge on any atom is -0.508 e. The predicted octanol–water partition coefficient (Wildman–Crippen LogP) is 11.2. The molecule has 10 atom stereocenters. The predicted molar refractivity (Wildman–Crippen MR) is 252 cm³/mol. The number of hydrogen-bond donors (Lipinski definition) is 6. The Balaban J connectivity index is 0.000000184. The van der Waals surface area contributed by atoms with E-state index in [-0.39, 0.29) is 92.0 Å². The number of carbonyl (C=O) groups is 2. The molecule has 0 aromatic heterocycles. The van der Waals surface area contributed by atoms with E-state index >= 15 is 0 Å². The lowest BCUT2D eigenvalue weighted by Gasteiger charge is -2.60. The number of phenols is 4. The second-order valence-electron chi connectivity index (χ2n) is 21.7. The van der Waals surface area contributed by atoms with Crippen molar-refractivity contribution in [2.45, 2.75) is 132 Å². The average molecular weight is 865 g/mol. The molecule has 4 fully saturated rings. The SMILES string of the molecule is COC1=CC=CC1.C[C@@H]1[C@H](N)C[C@H]2C(C)(C)CCC[C@]2(C)[C@H]1C(=O)c1cc(O)cc(O)c1.C[C@@H]1[C@H](NCC2=CC=CC2)C[C@H]2C(C)(C)CCC[C@]2(C)[C@H]1C(=O)c1cc(O)cc(O)c1. The smallest absolute Gasteiger partial charge is 0.167 e. The van der Waals surface area contributed by atoms with E-state index in [0.717, 1.165) is 63.7 Å². The molecule has 0 bridgehead atoms. The number of ketones is 2. The van der Waals surface area contributed by atoms with E-state index in [4.69, 9.17) is 10.5 Å². The van der Waals surface area contributed by atoms with Crippen molar-refractivity contribution < 1.29 is 34.8 Å². The molecule has 6 aliphatic carbocycles. The first-order valence-corrected chi connectivity index (χ1v) is 23.5. The van der Waals surface area contributed by atoms with E-state index < -0.39 is 0 Å². The summed E-state index contributed by atoms with van der Waals surface area (Å²) in [6.45, 7) is 19.1. The van der Waals surface area contributed by atoms with Gasteiger partial charge in [0.05, 0.1) is 12.9 Å². The molecule has 0 aliphatic heterocycles. The number of aromatic hydroxyl groups is 4. The largest absolute Gasteiger partial charge is 0.508 e. The normalized spacial score (nSPS) is 33.6. The maximum Gasteiger partial charge on any atom is 0.167 e. The van der Waals surface area contributed by atoms with Gasteiger partial charge in [-0.1, -0.05) is 104 Å². The third-order valence-corrected chi connectivity index (χ3v) is 16.7. The summed E-state index contributed by atoms with van der Waals surface area (Å²) in [7, 11) is 1.69. The molecule has 0 heterocycles. The number of allylic oxidation sites excluding steroid dienone is 6. The van der Waals surface area contributed by atoms with Crippen LogP contribution in [0.4, 0.5) is 0 Å². The van der Waals surface area contributed by atoms with Crippen LogP contribution < -0.4 is 11.1 Å². The van der Waals surface area contributed by atoms with E-state index in [1.165, 1.54) is 54.8 Å². The number of hydrogen-bond acceptors (Lipinski definition) is 9. The van der Waals surface area contributed by atoms with Crippen LogP contribution in [0.15, 0.2) is 84.2 Å². The summed E-state index contributed by atoms with van der Waals surface area (Å²) < 4.78 is 4.91. The van der Waals surface area contributed by atoms with Crippen LogP contribution in [-0.2, 0) is 4.74 Å². The molecule has 6 aliphatic rings. The lowest BCUT2D eigenvalue weighted by atomic mass is 9.45. The number of ether oxygens (including phenoxy) is 1. The number of Topliss-reactive ketones (excluding diaryl/α,β-unsaturated/α-hetero) is 2. The summed E-state index contributed by atoms with van der Waals surface area (Å²) in [5.41, 5.74) is 8.83. The van der Waals surface area contributed by atoms with Crippen LogP contribution in [0.5, 0.6) is 23.0 Å². The topological polar surface area (TPSA) is 162 Å². The Morgan fingerprint density at radius 2 is 1.13 bits per heavy atom. The van der Waals surface area contributed by atoms with Crippen molar-refractivity contribution in [1.29, 1.82) is 0 Å². The minimum atomic E-state index is -0.193. The van der Waals surface area contributed by atoms with Crippen LogP contribution in [0.25, 0.3) is 0 Å².